The van der Waals surface area contributed by atoms with Gasteiger partial charge in [-0.15, -0.1) is 12.4 Å². The van der Waals surface area contributed by atoms with E-state index in [0.29, 0.717) is 6.04 Å². The molecule has 20 heavy (non-hydrogen) atoms. The standard InChI is InChI=1S/C15H21BrN2O.ClH/c16-13-7-11-4-6-19-15(11)12(8-13)10-18-5-2-1-3-14(18)9-17;/h7-8,14H,1-6,9-10,17H2;1H. The van der Waals surface area contributed by atoms with Gasteiger partial charge in [-0.1, -0.05) is 22.4 Å². The molecule has 1 saturated heterocycles. The summed E-state index contributed by atoms with van der Waals surface area (Å²) in [6, 6.07) is 4.92. The Morgan fingerprint density at radius 3 is 3.00 bits per heavy atom. The molecule has 2 heterocycles. The number of piperidine rings is 1. The minimum Gasteiger partial charge on any atom is -0.493 e. The lowest BCUT2D eigenvalue weighted by atomic mass is 10.0. The minimum absolute atomic E-state index is 0. The van der Waals surface area contributed by atoms with Gasteiger partial charge in [-0.05, 0) is 37.1 Å². The van der Waals surface area contributed by atoms with Crippen LogP contribution in [0.2, 0.25) is 0 Å². The maximum atomic E-state index is 5.91. The van der Waals surface area contributed by atoms with Crippen LogP contribution in [-0.2, 0) is 13.0 Å². The normalized spacial score (nSPS) is 22.0. The first-order valence-corrected chi connectivity index (χ1v) is 7.95. The van der Waals surface area contributed by atoms with E-state index in [1.54, 1.807) is 0 Å². The molecule has 2 aliphatic heterocycles. The molecule has 1 atom stereocenters. The number of ether oxygens (including phenoxy) is 1. The van der Waals surface area contributed by atoms with E-state index in [0.717, 1.165) is 42.9 Å². The summed E-state index contributed by atoms with van der Waals surface area (Å²) in [6.07, 6.45) is 4.86. The van der Waals surface area contributed by atoms with Gasteiger partial charge in [0.2, 0.25) is 0 Å². The molecule has 3 nitrogen and oxygen atoms in total. The van der Waals surface area contributed by atoms with Gasteiger partial charge in [0.1, 0.15) is 5.75 Å². The first-order valence-electron chi connectivity index (χ1n) is 7.16. The lowest BCUT2D eigenvalue weighted by Crippen LogP contribution is -2.43. The summed E-state index contributed by atoms with van der Waals surface area (Å²) in [4.78, 5) is 2.52. The highest BCUT2D eigenvalue weighted by Crippen LogP contribution is 2.34. The third-order valence-corrected chi connectivity index (χ3v) is 4.68. The van der Waals surface area contributed by atoms with Gasteiger partial charge in [0.05, 0.1) is 6.61 Å². The SMILES string of the molecule is Cl.NCC1CCCCN1Cc1cc(Br)cc2c1OCC2. The van der Waals surface area contributed by atoms with Gasteiger partial charge < -0.3 is 10.5 Å². The van der Waals surface area contributed by atoms with Gasteiger partial charge in [0.15, 0.2) is 0 Å². The Labute approximate surface area is 135 Å². The molecule has 5 heteroatoms. The van der Waals surface area contributed by atoms with Crippen LogP contribution < -0.4 is 10.5 Å². The Balaban J connectivity index is 0.00000147. The van der Waals surface area contributed by atoms with Crippen molar-refractivity contribution in [3.05, 3.63) is 27.7 Å². The number of benzene rings is 1. The van der Waals surface area contributed by atoms with E-state index in [-0.39, 0.29) is 12.4 Å². The Morgan fingerprint density at radius 1 is 1.35 bits per heavy atom. The van der Waals surface area contributed by atoms with Crippen LogP contribution in [0, 0.1) is 0 Å². The van der Waals surface area contributed by atoms with Gasteiger partial charge in [-0.25, -0.2) is 0 Å². The largest absolute Gasteiger partial charge is 0.493 e. The summed E-state index contributed by atoms with van der Waals surface area (Å²) in [5.41, 5.74) is 8.55. The number of halogens is 2. The fourth-order valence-corrected chi connectivity index (χ4v) is 3.77. The predicted octanol–water partition coefficient (Wildman–Crippen LogP) is 3.12. The number of nitrogens with zero attached hydrogens (tertiary/aromatic N) is 1. The number of hydrogen-bond donors (Lipinski definition) is 1. The van der Waals surface area contributed by atoms with Crippen molar-refractivity contribution in [2.45, 2.75) is 38.3 Å². The first-order chi connectivity index (χ1) is 9.28. The summed E-state index contributed by atoms with van der Waals surface area (Å²) >= 11 is 3.61. The van der Waals surface area contributed by atoms with Crippen molar-refractivity contribution < 1.29 is 4.74 Å². The molecule has 0 amide bonds. The predicted molar refractivity (Wildman–Crippen MR) is 87.7 cm³/mol. The molecule has 2 N–H and O–H groups in total. The zero-order valence-corrected chi connectivity index (χ0v) is 14.0. The van der Waals surface area contributed by atoms with Crippen molar-refractivity contribution >= 4 is 28.3 Å². The van der Waals surface area contributed by atoms with Crippen LogP contribution >= 0.6 is 28.3 Å². The number of rotatable bonds is 3. The summed E-state index contributed by atoms with van der Waals surface area (Å²) in [5, 5.41) is 0. The molecule has 0 aromatic heterocycles. The third kappa shape index (κ3) is 3.30. The molecule has 1 fully saturated rings. The molecule has 0 aliphatic carbocycles. The van der Waals surface area contributed by atoms with Crippen molar-refractivity contribution in [3.8, 4) is 5.75 Å². The Bertz CT molecular complexity index is 469. The summed E-state index contributed by atoms with van der Waals surface area (Å²) in [7, 11) is 0. The van der Waals surface area contributed by atoms with Crippen molar-refractivity contribution in [2.24, 2.45) is 5.73 Å². The molecule has 112 valence electrons. The Kier molecular flexibility index (Phi) is 5.73. The molecule has 0 spiro atoms. The third-order valence-electron chi connectivity index (χ3n) is 4.22. The quantitative estimate of drug-likeness (QED) is 0.899. The van der Waals surface area contributed by atoms with Crippen LogP contribution in [0.15, 0.2) is 16.6 Å². The highest BCUT2D eigenvalue weighted by atomic mass is 79.9. The maximum Gasteiger partial charge on any atom is 0.127 e. The van der Waals surface area contributed by atoms with Crippen LogP contribution in [0.5, 0.6) is 5.75 Å². The van der Waals surface area contributed by atoms with Gasteiger partial charge in [-0.2, -0.15) is 0 Å². The van der Waals surface area contributed by atoms with Gasteiger partial charge in [0, 0.05) is 35.6 Å². The molecular formula is C15H22BrClN2O. The second-order valence-electron chi connectivity index (χ2n) is 5.51. The zero-order chi connectivity index (χ0) is 13.2. The van der Waals surface area contributed by atoms with Crippen LogP contribution in [-0.4, -0.2) is 30.6 Å². The molecule has 1 aromatic rings. The van der Waals surface area contributed by atoms with E-state index in [1.165, 1.54) is 30.4 Å². The Morgan fingerprint density at radius 2 is 2.20 bits per heavy atom. The molecule has 0 saturated carbocycles. The second-order valence-corrected chi connectivity index (χ2v) is 6.42. The van der Waals surface area contributed by atoms with Crippen LogP contribution in [0.3, 0.4) is 0 Å². The number of hydrogen-bond acceptors (Lipinski definition) is 3. The lowest BCUT2D eigenvalue weighted by molar-refractivity contribution is 0.143. The van der Waals surface area contributed by atoms with Crippen molar-refractivity contribution in [2.75, 3.05) is 19.7 Å². The van der Waals surface area contributed by atoms with E-state index < -0.39 is 0 Å². The number of fused-ring (bicyclic) bond motifs is 1. The van der Waals surface area contributed by atoms with Crippen LogP contribution in [0.1, 0.15) is 30.4 Å². The number of nitrogens with two attached hydrogens (primary N) is 1. The smallest absolute Gasteiger partial charge is 0.127 e. The van der Waals surface area contributed by atoms with Crippen LogP contribution in [0.4, 0.5) is 0 Å². The van der Waals surface area contributed by atoms with Gasteiger partial charge >= 0.3 is 0 Å². The van der Waals surface area contributed by atoms with Crippen molar-refractivity contribution in [1.82, 2.24) is 4.90 Å². The first kappa shape index (κ1) is 16.1. The number of likely N-dealkylation sites (tertiary alicyclic amines) is 1. The average Bonchev–Trinajstić information content (AvgIpc) is 2.87. The fourth-order valence-electron chi connectivity index (χ4n) is 3.22. The molecule has 1 unspecified atom stereocenters. The van der Waals surface area contributed by atoms with E-state index in [9.17, 15) is 0 Å². The molecule has 0 bridgehead atoms. The molecular weight excluding hydrogens is 340 g/mol. The topological polar surface area (TPSA) is 38.5 Å². The highest BCUT2D eigenvalue weighted by molar-refractivity contribution is 9.10. The monoisotopic (exact) mass is 360 g/mol. The average molecular weight is 362 g/mol. The highest BCUT2D eigenvalue weighted by Gasteiger charge is 2.24. The molecule has 2 aliphatic rings. The van der Waals surface area contributed by atoms with Crippen molar-refractivity contribution in [3.63, 3.8) is 0 Å². The fraction of sp³-hybridized carbons (Fsp3) is 0.600. The zero-order valence-electron chi connectivity index (χ0n) is 11.6. The van der Waals surface area contributed by atoms with Crippen molar-refractivity contribution in [1.29, 1.82) is 0 Å². The van der Waals surface area contributed by atoms with Crippen LogP contribution in [0.25, 0.3) is 0 Å². The van der Waals surface area contributed by atoms with E-state index in [2.05, 4.69) is 33.0 Å². The Hall–Kier alpha value is -0.290. The lowest BCUT2D eigenvalue weighted by Gasteiger charge is -2.35. The maximum absolute atomic E-state index is 5.91. The van der Waals surface area contributed by atoms with Gasteiger partial charge in [-0.3, -0.25) is 4.90 Å². The molecule has 1 aromatic carbocycles. The summed E-state index contributed by atoms with van der Waals surface area (Å²) in [5.74, 6) is 1.12. The van der Waals surface area contributed by atoms with E-state index in [1.807, 2.05) is 0 Å². The summed E-state index contributed by atoms with van der Waals surface area (Å²) in [6.45, 7) is 3.70. The molecule has 0 radical (unpaired) electrons. The summed E-state index contributed by atoms with van der Waals surface area (Å²) < 4.78 is 6.98. The van der Waals surface area contributed by atoms with E-state index in [4.69, 9.17) is 10.5 Å². The minimum atomic E-state index is 0. The molecule has 3 rings (SSSR count). The van der Waals surface area contributed by atoms with Gasteiger partial charge in [0.25, 0.3) is 0 Å². The second kappa shape index (κ2) is 7.12. The van der Waals surface area contributed by atoms with E-state index >= 15 is 0 Å².